The van der Waals surface area contributed by atoms with E-state index in [1.165, 1.54) is 0 Å². The van der Waals surface area contributed by atoms with Crippen LogP contribution >= 0.6 is 0 Å². The van der Waals surface area contributed by atoms with Crippen molar-refractivity contribution in [3.63, 3.8) is 0 Å². The number of aryl methyl sites for hydroxylation is 1. The molecule has 0 saturated carbocycles. The predicted molar refractivity (Wildman–Crippen MR) is 76.5 cm³/mol. The van der Waals surface area contributed by atoms with Crippen LogP contribution in [0.5, 0.6) is 0 Å². The van der Waals surface area contributed by atoms with E-state index in [-0.39, 0.29) is 0 Å². The Balaban J connectivity index is 1.90. The van der Waals surface area contributed by atoms with Crippen molar-refractivity contribution in [1.82, 2.24) is 9.97 Å². The van der Waals surface area contributed by atoms with Crippen molar-refractivity contribution in [2.45, 2.75) is 26.7 Å². The maximum atomic E-state index is 5.29. The number of aromatic nitrogens is 2. The highest BCUT2D eigenvalue weighted by atomic mass is 16.3. The standard InChI is InChI=1S/C14H20N4O/c1-3-7-15-13-10-14(18-11(2)17-13)16-8-6-12-5-4-9-19-12/h4-5,9-10H,3,6-8H2,1-2H3,(H2,15,16,17,18). The maximum absolute atomic E-state index is 5.29. The van der Waals surface area contributed by atoms with Gasteiger partial charge in [0.2, 0.25) is 0 Å². The second-order valence-corrected chi connectivity index (χ2v) is 4.37. The molecule has 0 unspecified atom stereocenters. The third-order valence-electron chi connectivity index (χ3n) is 2.65. The Morgan fingerprint density at radius 2 is 1.89 bits per heavy atom. The molecule has 0 aliphatic carbocycles. The summed E-state index contributed by atoms with van der Waals surface area (Å²) in [5.41, 5.74) is 0. The van der Waals surface area contributed by atoms with Gasteiger partial charge in [-0.1, -0.05) is 6.92 Å². The maximum Gasteiger partial charge on any atom is 0.131 e. The minimum atomic E-state index is 0.765. The fourth-order valence-electron chi connectivity index (χ4n) is 1.77. The highest BCUT2D eigenvalue weighted by molar-refractivity contribution is 5.47. The van der Waals surface area contributed by atoms with Crippen molar-refractivity contribution in [1.29, 1.82) is 0 Å². The SMILES string of the molecule is CCCNc1cc(NCCc2ccco2)nc(C)n1. The van der Waals surface area contributed by atoms with Crippen LogP contribution in [0.15, 0.2) is 28.9 Å². The Bertz CT molecular complexity index is 496. The number of nitrogens with zero attached hydrogens (tertiary/aromatic N) is 2. The van der Waals surface area contributed by atoms with E-state index in [0.717, 1.165) is 49.2 Å². The molecule has 2 N–H and O–H groups in total. The Morgan fingerprint density at radius 1 is 1.16 bits per heavy atom. The van der Waals surface area contributed by atoms with E-state index in [0.29, 0.717) is 0 Å². The van der Waals surface area contributed by atoms with Crippen LogP contribution in [0.25, 0.3) is 0 Å². The van der Waals surface area contributed by atoms with Crippen LogP contribution in [-0.2, 0) is 6.42 Å². The summed E-state index contributed by atoms with van der Waals surface area (Å²) in [5, 5.41) is 6.56. The molecular formula is C14H20N4O. The zero-order chi connectivity index (χ0) is 13.5. The highest BCUT2D eigenvalue weighted by Crippen LogP contribution is 2.11. The lowest BCUT2D eigenvalue weighted by Gasteiger charge is -2.09. The first kappa shape index (κ1) is 13.4. The molecule has 0 atom stereocenters. The summed E-state index contributed by atoms with van der Waals surface area (Å²) in [6.45, 7) is 5.73. The van der Waals surface area contributed by atoms with Crippen LogP contribution in [0.2, 0.25) is 0 Å². The van der Waals surface area contributed by atoms with E-state index >= 15 is 0 Å². The summed E-state index contributed by atoms with van der Waals surface area (Å²) in [6, 6.07) is 5.81. The minimum Gasteiger partial charge on any atom is -0.469 e. The topological polar surface area (TPSA) is 63.0 Å². The molecule has 19 heavy (non-hydrogen) atoms. The Labute approximate surface area is 113 Å². The molecule has 0 saturated heterocycles. The van der Waals surface area contributed by atoms with E-state index in [4.69, 9.17) is 4.42 Å². The second-order valence-electron chi connectivity index (χ2n) is 4.37. The molecule has 0 aliphatic heterocycles. The molecule has 0 aliphatic rings. The normalized spacial score (nSPS) is 10.4. The first-order valence-electron chi connectivity index (χ1n) is 6.63. The number of hydrogen-bond donors (Lipinski definition) is 2. The first-order valence-corrected chi connectivity index (χ1v) is 6.63. The predicted octanol–water partition coefficient (Wildman–Crippen LogP) is 2.85. The number of hydrogen-bond acceptors (Lipinski definition) is 5. The molecule has 5 heteroatoms. The van der Waals surface area contributed by atoms with Gasteiger partial charge in [0.15, 0.2) is 0 Å². The third kappa shape index (κ3) is 4.28. The van der Waals surface area contributed by atoms with Gasteiger partial charge in [-0.3, -0.25) is 0 Å². The van der Waals surface area contributed by atoms with Crippen molar-refractivity contribution < 1.29 is 4.42 Å². The largest absolute Gasteiger partial charge is 0.469 e. The van der Waals surface area contributed by atoms with Gasteiger partial charge in [-0.15, -0.1) is 0 Å². The van der Waals surface area contributed by atoms with Crippen molar-refractivity contribution in [2.24, 2.45) is 0 Å². The summed E-state index contributed by atoms with van der Waals surface area (Å²) in [6.07, 6.45) is 3.61. The zero-order valence-electron chi connectivity index (χ0n) is 11.4. The van der Waals surface area contributed by atoms with Gasteiger partial charge in [0.1, 0.15) is 23.2 Å². The monoisotopic (exact) mass is 260 g/mol. The van der Waals surface area contributed by atoms with Crippen molar-refractivity contribution in [3.05, 3.63) is 36.0 Å². The van der Waals surface area contributed by atoms with Crippen LogP contribution in [0.1, 0.15) is 24.9 Å². The third-order valence-corrected chi connectivity index (χ3v) is 2.65. The number of nitrogens with one attached hydrogen (secondary N) is 2. The molecule has 2 rings (SSSR count). The lowest BCUT2D eigenvalue weighted by Crippen LogP contribution is -2.09. The average Bonchev–Trinajstić information content (AvgIpc) is 2.89. The molecule has 0 aromatic carbocycles. The molecule has 2 aromatic heterocycles. The van der Waals surface area contributed by atoms with Crippen LogP contribution in [0, 0.1) is 6.92 Å². The van der Waals surface area contributed by atoms with Gasteiger partial charge in [0.05, 0.1) is 6.26 Å². The summed E-state index contributed by atoms with van der Waals surface area (Å²) in [5.74, 6) is 3.46. The molecule has 0 bridgehead atoms. The van der Waals surface area contributed by atoms with E-state index in [2.05, 4.69) is 27.5 Å². The van der Waals surface area contributed by atoms with E-state index in [1.807, 2.05) is 25.1 Å². The number of rotatable bonds is 7. The van der Waals surface area contributed by atoms with Gasteiger partial charge >= 0.3 is 0 Å². The van der Waals surface area contributed by atoms with Crippen molar-refractivity contribution in [3.8, 4) is 0 Å². The Hall–Kier alpha value is -2.04. The quantitative estimate of drug-likeness (QED) is 0.801. The van der Waals surface area contributed by atoms with Gasteiger partial charge in [-0.2, -0.15) is 0 Å². The van der Waals surface area contributed by atoms with Crippen LogP contribution in [-0.4, -0.2) is 23.1 Å². The highest BCUT2D eigenvalue weighted by Gasteiger charge is 2.02. The van der Waals surface area contributed by atoms with Gasteiger partial charge in [-0.05, 0) is 25.5 Å². The molecule has 0 spiro atoms. The molecule has 0 radical (unpaired) electrons. The van der Waals surface area contributed by atoms with E-state index in [9.17, 15) is 0 Å². The van der Waals surface area contributed by atoms with Gasteiger partial charge in [0.25, 0.3) is 0 Å². The lowest BCUT2D eigenvalue weighted by atomic mass is 10.3. The molecule has 2 aromatic rings. The lowest BCUT2D eigenvalue weighted by molar-refractivity contribution is 0.513. The summed E-state index contributed by atoms with van der Waals surface area (Å²) in [7, 11) is 0. The number of furan rings is 1. The van der Waals surface area contributed by atoms with Crippen LogP contribution in [0.3, 0.4) is 0 Å². The molecular weight excluding hydrogens is 240 g/mol. The summed E-state index contributed by atoms with van der Waals surface area (Å²) in [4.78, 5) is 8.72. The molecule has 102 valence electrons. The van der Waals surface area contributed by atoms with E-state index < -0.39 is 0 Å². The molecule has 0 amide bonds. The van der Waals surface area contributed by atoms with Gasteiger partial charge < -0.3 is 15.1 Å². The second kappa shape index (κ2) is 6.78. The van der Waals surface area contributed by atoms with Gasteiger partial charge in [0, 0.05) is 25.6 Å². The Kier molecular flexibility index (Phi) is 4.78. The smallest absolute Gasteiger partial charge is 0.131 e. The van der Waals surface area contributed by atoms with Gasteiger partial charge in [-0.25, -0.2) is 9.97 Å². The fourth-order valence-corrected chi connectivity index (χ4v) is 1.77. The first-order chi connectivity index (χ1) is 9.28. The van der Waals surface area contributed by atoms with Crippen molar-refractivity contribution in [2.75, 3.05) is 23.7 Å². The molecule has 0 fully saturated rings. The van der Waals surface area contributed by atoms with E-state index in [1.54, 1.807) is 6.26 Å². The van der Waals surface area contributed by atoms with Crippen molar-refractivity contribution >= 4 is 11.6 Å². The average molecular weight is 260 g/mol. The van der Waals surface area contributed by atoms with Crippen LogP contribution in [0.4, 0.5) is 11.6 Å². The molecule has 5 nitrogen and oxygen atoms in total. The summed E-state index contributed by atoms with van der Waals surface area (Å²) >= 11 is 0. The number of anilines is 2. The Morgan fingerprint density at radius 3 is 2.53 bits per heavy atom. The summed E-state index contributed by atoms with van der Waals surface area (Å²) < 4.78 is 5.29. The minimum absolute atomic E-state index is 0.765. The van der Waals surface area contributed by atoms with Crippen LogP contribution < -0.4 is 10.6 Å². The zero-order valence-corrected chi connectivity index (χ0v) is 11.4. The fraction of sp³-hybridized carbons (Fsp3) is 0.429. The molecule has 2 heterocycles.